The van der Waals surface area contributed by atoms with Gasteiger partial charge in [0.25, 0.3) is 0 Å². The SMILES string of the molecule is CN(CC1(CN)CC1)c1ccc2ncoc2c1. The summed E-state index contributed by atoms with van der Waals surface area (Å²) in [6, 6.07) is 6.11. The fourth-order valence-electron chi connectivity index (χ4n) is 2.28. The minimum Gasteiger partial charge on any atom is -0.443 e. The van der Waals surface area contributed by atoms with Crippen molar-refractivity contribution >= 4 is 16.8 Å². The van der Waals surface area contributed by atoms with Crippen LogP contribution in [0.1, 0.15) is 12.8 Å². The topological polar surface area (TPSA) is 55.3 Å². The van der Waals surface area contributed by atoms with E-state index in [1.807, 2.05) is 12.1 Å². The third-order valence-corrected chi connectivity index (χ3v) is 3.72. The number of aromatic nitrogens is 1. The first-order valence-electron chi connectivity index (χ1n) is 5.97. The average Bonchev–Trinajstić information content (AvgIpc) is 2.96. The number of oxazole rings is 1. The van der Waals surface area contributed by atoms with Crippen LogP contribution >= 0.6 is 0 Å². The monoisotopic (exact) mass is 231 g/mol. The molecule has 4 nitrogen and oxygen atoms in total. The molecule has 0 atom stereocenters. The van der Waals surface area contributed by atoms with Gasteiger partial charge < -0.3 is 15.1 Å². The van der Waals surface area contributed by atoms with Gasteiger partial charge in [-0.3, -0.25) is 0 Å². The Morgan fingerprint density at radius 1 is 1.47 bits per heavy atom. The van der Waals surface area contributed by atoms with E-state index in [-0.39, 0.29) is 0 Å². The van der Waals surface area contributed by atoms with Gasteiger partial charge in [-0.1, -0.05) is 0 Å². The van der Waals surface area contributed by atoms with Crippen molar-refractivity contribution in [3.8, 4) is 0 Å². The Labute approximate surface area is 100 Å². The summed E-state index contributed by atoms with van der Waals surface area (Å²) in [5.74, 6) is 0. The second-order valence-electron chi connectivity index (χ2n) is 5.06. The largest absolute Gasteiger partial charge is 0.443 e. The first-order valence-corrected chi connectivity index (χ1v) is 5.97. The summed E-state index contributed by atoms with van der Waals surface area (Å²) < 4.78 is 5.32. The van der Waals surface area contributed by atoms with E-state index in [1.165, 1.54) is 19.2 Å². The van der Waals surface area contributed by atoms with E-state index in [4.69, 9.17) is 10.2 Å². The molecule has 1 saturated carbocycles. The van der Waals surface area contributed by atoms with Crippen molar-refractivity contribution in [1.82, 2.24) is 4.98 Å². The lowest BCUT2D eigenvalue weighted by atomic mass is 10.1. The lowest BCUT2D eigenvalue weighted by Gasteiger charge is -2.24. The first-order chi connectivity index (χ1) is 8.22. The fourth-order valence-corrected chi connectivity index (χ4v) is 2.28. The van der Waals surface area contributed by atoms with Gasteiger partial charge in [0.15, 0.2) is 12.0 Å². The Morgan fingerprint density at radius 2 is 2.29 bits per heavy atom. The number of hydrogen-bond donors (Lipinski definition) is 1. The molecule has 0 saturated heterocycles. The van der Waals surface area contributed by atoms with Crippen molar-refractivity contribution in [2.24, 2.45) is 11.1 Å². The highest BCUT2D eigenvalue weighted by Gasteiger charge is 2.42. The molecule has 0 amide bonds. The van der Waals surface area contributed by atoms with Crippen LogP contribution < -0.4 is 10.6 Å². The van der Waals surface area contributed by atoms with Crippen molar-refractivity contribution < 1.29 is 4.42 Å². The Kier molecular flexibility index (Phi) is 2.33. The maximum absolute atomic E-state index is 5.81. The van der Waals surface area contributed by atoms with Crippen LogP contribution in [0.25, 0.3) is 11.1 Å². The normalized spacial score (nSPS) is 17.3. The number of benzene rings is 1. The molecule has 0 spiro atoms. The van der Waals surface area contributed by atoms with E-state index in [2.05, 4.69) is 23.0 Å². The van der Waals surface area contributed by atoms with E-state index >= 15 is 0 Å². The van der Waals surface area contributed by atoms with Gasteiger partial charge in [-0.05, 0) is 31.5 Å². The zero-order valence-corrected chi connectivity index (χ0v) is 10.0. The number of anilines is 1. The molecule has 17 heavy (non-hydrogen) atoms. The average molecular weight is 231 g/mol. The second kappa shape index (κ2) is 3.74. The highest BCUT2D eigenvalue weighted by molar-refractivity contribution is 5.77. The molecule has 1 aliphatic rings. The maximum atomic E-state index is 5.81. The predicted octanol–water partition coefficient (Wildman–Crippen LogP) is 2.00. The van der Waals surface area contributed by atoms with Gasteiger partial charge >= 0.3 is 0 Å². The van der Waals surface area contributed by atoms with E-state index in [0.29, 0.717) is 5.41 Å². The lowest BCUT2D eigenvalue weighted by Crippen LogP contribution is -2.31. The van der Waals surface area contributed by atoms with E-state index in [0.717, 1.165) is 29.9 Å². The van der Waals surface area contributed by atoms with Crippen molar-refractivity contribution in [2.45, 2.75) is 12.8 Å². The second-order valence-corrected chi connectivity index (χ2v) is 5.06. The molecular formula is C13H17N3O. The molecule has 0 bridgehead atoms. The highest BCUT2D eigenvalue weighted by atomic mass is 16.3. The van der Waals surface area contributed by atoms with Crippen LogP contribution in [0.3, 0.4) is 0 Å². The van der Waals surface area contributed by atoms with Gasteiger partial charge in [0.2, 0.25) is 0 Å². The zero-order chi connectivity index (χ0) is 11.9. The minimum atomic E-state index is 0.352. The van der Waals surface area contributed by atoms with Crippen LogP contribution in [0.4, 0.5) is 5.69 Å². The first kappa shape index (κ1) is 10.6. The molecule has 2 aromatic rings. The summed E-state index contributed by atoms with van der Waals surface area (Å²) >= 11 is 0. The van der Waals surface area contributed by atoms with Crippen molar-refractivity contribution in [2.75, 3.05) is 25.0 Å². The summed E-state index contributed by atoms with van der Waals surface area (Å²) in [6.45, 7) is 1.80. The molecule has 1 aliphatic carbocycles. The summed E-state index contributed by atoms with van der Waals surface area (Å²) in [4.78, 5) is 6.37. The molecule has 90 valence electrons. The van der Waals surface area contributed by atoms with Crippen LogP contribution in [0.2, 0.25) is 0 Å². The third kappa shape index (κ3) is 1.89. The molecule has 4 heteroatoms. The number of rotatable bonds is 4. The van der Waals surface area contributed by atoms with Gasteiger partial charge in [0, 0.05) is 30.8 Å². The number of hydrogen-bond acceptors (Lipinski definition) is 4. The predicted molar refractivity (Wildman–Crippen MR) is 68.0 cm³/mol. The van der Waals surface area contributed by atoms with Gasteiger partial charge in [-0.2, -0.15) is 0 Å². The number of fused-ring (bicyclic) bond motifs is 1. The summed E-state index contributed by atoms with van der Waals surface area (Å²) in [6.07, 6.45) is 3.98. The Hall–Kier alpha value is -1.55. The molecule has 1 aromatic heterocycles. The summed E-state index contributed by atoms with van der Waals surface area (Å²) in [7, 11) is 2.10. The van der Waals surface area contributed by atoms with Crippen molar-refractivity contribution in [3.05, 3.63) is 24.6 Å². The molecule has 3 rings (SSSR count). The van der Waals surface area contributed by atoms with Crippen LogP contribution in [-0.4, -0.2) is 25.1 Å². The van der Waals surface area contributed by atoms with Crippen LogP contribution in [-0.2, 0) is 0 Å². The fraction of sp³-hybridized carbons (Fsp3) is 0.462. The molecule has 1 heterocycles. The molecule has 1 aromatic carbocycles. The van der Waals surface area contributed by atoms with Gasteiger partial charge in [-0.25, -0.2) is 4.98 Å². The summed E-state index contributed by atoms with van der Waals surface area (Å²) in [5.41, 5.74) is 9.07. The third-order valence-electron chi connectivity index (χ3n) is 3.72. The summed E-state index contributed by atoms with van der Waals surface area (Å²) in [5, 5.41) is 0. The number of nitrogens with zero attached hydrogens (tertiary/aromatic N) is 2. The van der Waals surface area contributed by atoms with Gasteiger partial charge in [0.05, 0.1) is 0 Å². The van der Waals surface area contributed by atoms with Gasteiger partial charge in [-0.15, -0.1) is 0 Å². The van der Waals surface area contributed by atoms with Gasteiger partial charge in [0.1, 0.15) is 5.52 Å². The quantitative estimate of drug-likeness (QED) is 0.874. The standard InChI is InChI=1S/C13H17N3O/c1-16(8-13(7-14)4-5-13)10-2-3-11-12(6-10)17-9-15-11/h2-3,6,9H,4-5,7-8,14H2,1H3. The van der Waals surface area contributed by atoms with Crippen molar-refractivity contribution in [3.63, 3.8) is 0 Å². The molecule has 0 aliphatic heterocycles. The Balaban J connectivity index is 1.82. The van der Waals surface area contributed by atoms with Crippen LogP contribution in [0, 0.1) is 5.41 Å². The molecule has 0 radical (unpaired) electrons. The maximum Gasteiger partial charge on any atom is 0.181 e. The van der Waals surface area contributed by atoms with Crippen molar-refractivity contribution in [1.29, 1.82) is 0 Å². The Bertz CT molecular complexity index is 530. The van der Waals surface area contributed by atoms with E-state index in [9.17, 15) is 0 Å². The smallest absolute Gasteiger partial charge is 0.181 e. The Morgan fingerprint density at radius 3 is 3.00 bits per heavy atom. The number of nitrogens with two attached hydrogens (primary N) is 1. The zero-order valence-electron chi connectivity index (χ0n) is 10.0. The molecule has 0 unspecified atom stereocenters. The van der Waals surface area contributed by atoms with E-state index in [1.54, 1.807) is 0 Å². The highest BCUT2D eigenvalue weighted by Crippen LogP contribution is 2.45. The van der Waals surface area contributed by atoms with Crippen LogP contribution in [0.5, 0.6) is 0 Å². The minimum absolute atomic E-state index is 0.352. The lowest BCUT2D eigenvalue weighted by molar-refractivity contribution is 0.523. The van der Waals surface area contributed by atoms with E-state index < -0.39 is 0 Å². The molecular weight excluding hydrogens is 214 g/mol. The molecule has 2 N–H and O–H groups in total. The molecule has 1 fully saturated rings. The van der Waals surface area contributed by atoms with Crippen LogP contribution in [0.15, 0.2) is 29.0 Å².